The van der Waals surface area contributed by atoms with Gasteiger partial charge in [0.1, 0.15) is 11.2 Å². The Balaban J connectivity index is 1.68. The van der Waals surface area contributed by atoms with Gasteiger partial charge in [0.05, 0.1) is 24.7 Å². The van der Waals surface area contributed by atoms with Crippen LogP contribution in [0.2, 0.25) is 0 Å². The Labute approximate surface area is 221 Å². The number of methoxy groups -OCH3 is 1. The molecule has 1 amide bonds. The number of hydrogen-bond acceptors (Lipinski definition) is 7. The Morgan fingerprint density at radius 1 is 0.921 bits per heavy atom. The van der Waals surface area contributed by atoms with Gasteiger partial charge in [-0.05, 0) is 20.8 Å². The van der Waals surface area contributed by atoms with E-state index in [1.165, 1.54) is 13.3 Å². The van der Waals surface area contributed by atoms with Crippen LogP contribution in [0, 0.1) is 5.82 Å². The first-order chi connectivity index (χ1) is 18.2. The smallest absolute Gasteiger partial charge is 0.410 e. The Morgan fingerprint density at radius 2 is 1.47 bits per heavy atom. The zero-order valence-corrected chi connectivity index (χ0v) is 22.0. The Bertz CT molecular complexity index is 1270. The first-order valence-corrected chi connectivity index (χ1v) is 12.4. The van der Waals surface area contributed by atoms with Gasteiger partial charge >= 0.3 is 12.1 Å². The first-order valence-electron chi connectivity index (χ1n) is 12.4. The number of aromatic nitrogens is 1. The standard InChI is InChI=1S/C29H31FN4O4/c1-29(2,3)38-28(36)34-17-15-33(16-18-34)26-24(30)23(27(35)37-4)22(19-31-26)32-25(20-11-7-5-8-12-20)21-13-9-6-10-14-21/h5-14,19H,15-18H2,1-4H3. The molecule has 3 aromatic rings. The van der Waals surface area contributed by atoms with Crippen LogP contribution in [0.5, 0.6) is 0 Å². The number of benzene rings is 2. The van der Waals surface area contributed by atoms with E-state index in [0.717, 1.165) is 11.1 Å². The van der Waals surface area contributed by atoms with Crippen LogP contribution in [-0.4, -0.2) is 66.5 Å². The summed E-state index contributed by atoms with van der Waals surface area (Å²) in [6.07, 6.45) is 0.969. The third-order valence-corrected chi connectivity index (χ3v) is 5.93. The number of nitrogens with zero attached hydrogens (tertiary/aromatic N) is 4. The van der Waals surface area contributed by atoms with Gasteiger partial charge in [0.15, 0.2) is 11.6 Å². The lowest BCUT2D eigenvalue weighted by Crippen LogP contribution is -2.50. The number of rotatable bonds is 5. The van der Waals surface area contributed by atoms with Crippen LogP contribution in [0.25, 0.3) is 0 Å². The number of esters is 1. The summed E-state index contributed by atoms with van der Waals surface area (Å²) in [5.74, 6) is -1.66. The molecule has 0 atom stereocenters. The van der Waals surface area contributed by atoms with Crippen molar-refractivity contribution in [2.45, 2.75) is 26.4 Å². The number of pyridine rings is 1. The normalized spacial score (nSPS) is 13.6. The van der Waals surface area contributed by atoms with Crippen molar-refractivity contribution in [1.29, 1.82) is 0 Å². The van der Waals surface area contributed by atoms with Crippen molar-refractivity contribution in [2.75, 3.05) is 38.2 Å². The molecule has 0 bridgehead atoms. The van der Waals surface area contributed by atoms with Gasteiger partial charge in [0.2, 0.25) is 0 Å². The molecule has 1 fully saturated rings. The molecule has 8 nitrogen and oxygen atoms in total. The van der Waals surface area contributed by atoms with Crippen LogP contribution in [0.3, 0.4) is 0 Å². The second-order valence-corrected chi connectivity index (χ2v) is 9.79. The van der Waals surface area contributed by atoms with Gasteiger partial charge in [0, 0.05) is 37.3 Å². The highest BCUT2D eigenvalue weighted by molar-refractivity contribution is 6.14. The number of anilines is 1. The van der Waals surface area contributed by atoms with E-state index in [9.17, 15) is 9.59 Å². The lowest BCUT2D eigenvalue weighted by Gasteiger charge is -2.36. The number of ether oxygens (including phenoxy) is 2. The Kier molecular flexibility index (Phi) is 8.05. The molecule has 0 unspecified atom stereocenters. The summed E-state index contributed by atoms with van der Waals surface area (Å²) in [7, 11) is 1.20. The van der Waals surface area contributed by atoms with Crippen molar-refractivity contribution in [1.82, 2.24) is 9.88 Å². The molecule has 0 spiro atoms. The van der Waals surface area contributed by atoms with Crippen LogP contribution in [0.1, 0.15) is 42.3 Å². The maximum atomic E-state index is 15.9. The second kappa shape index (κ2) is 11.4. The molecule has 0 radical (unpaired) electrons. The fourth-order valence-corrected chi connectivity index (χ4v) is 4.10. The van der Waals surface area contributed by atoms with E-state index in [0.29, 0.717) is 31.9 Å². The van der Waals surface area contributed by atoms with E-state index in [4.69, 9.17) is 14.5 Å². The average molecular weight is 519 g/mol. The number of piperazine rings is 1. The molecule has 38 heavy (non-hydrogen) atoms. The SMILES string of the molecule is COC(=O)c1c(N=C(c2ccccc2)c2ccccc2)cnc(N2CCN(C(=O)OC(C)(C)C)CC2)c1F. The Hall–Kier alpha value is -4.27. The van der Waals surface area contributed by atoms with Gasteiger partial charge in [-0.2, -0.15) is 0 Å². The largest absolute Gasteiger partial charge is 0.465 e. The topological polar surface area (TPSA) is 84.3 Å². The minimum Gasteiger partial charge on any atom is -0.465 e. The summed E-state index contributed by atoms with van der Waals surface area (Å²) in [5.41, 5.74) is 1.34. The van der Waals surface area contributed by atoms with E-state index >= 15 is 4.39 Å². The van der Waals surface area contributed by atoms with Crippen molar-refractivity contribution in [2.24, 2.45) is 4.99 Å². The first kappa shape index (κ1) is 26.8. The number of carbonyl (C=O) groups excluding carboxylic acids is 2. The highest BCUT2D eigenvalue weighted by Crippen LogP contribution is 2.30. The minimum absolute atomic E-state index is 0.00848. The fourth-order valence-electron chi connectivity index (χ4n) is 4.10. The summed E-state index contributed by atoms with van der Waals surface area (Å²) in [5, 5.41) is 0. The molecule has 1 aromatic heterocycles. The third-order valence-electron chi connectivity index (χ3n) is 5.93. The lowest BCUT2D eigenvalue weighted by atomic mass is 10.0. The molecular weight excluding hydrogens is 487 g/mol. The third kappa shape index (κ3) is 6.16. The molecular formula is C29H31FN4O4. The van der Waals surface area contributed by atoms with E-state index in [1.807, 2.05) is 60.7 Å². The zero-order valence-electron chi connectivity index (χ0n) is 22.0. The summed E-state index contributed by atoms with van der Waals surface area (Å²) >= 11 is 0. The molecule has 1 saturated heterocycles. The molecule has 0 aliphatic carbocycles. The summed E-state index contributed by atoms with van der Waals surface area (Å²) < 4.78 is 26.3. The van der Waals surface area contributed by atoms with Crippen molar-refractivity contribution in [3.8, 4) is 0 Å². The van der Waals surface area contributed by atoms with E-state index < -0.39 is 23.5 Å². The second-order valence-electron chi connectivity index (χ2n) is 9.79. The predicted molar refractivity (Wildman–Crippen MR) is 144 cm³/mol. The van der Waals surface area contributed by atoms with Crippen LogP contribution in [-0.2, 0) is 9.47 Å². The van der Waals surface area contributed by atoms with E-state index in [-0.39, 0.29) is 17.1 Å². The maximum Gasteiger partial charge on any atom is 0.410 e. The van der Waals surface area contributed by atoms with Gasteiger partial charge in [-0.1, -0.05) is 60.7 Å². The number of halogens is 1. The average Bonchev–Trinajstić information content (AvgIpc) is 2.91. The van der Waals surface area contributed by atoms with Gasteiger partial charge in [-0.15, -0.1) is 0 Å². The number of aliphatic imine (C=N–C) groups is 1. The molecule has 2 aromatic carbocycles. The fraction of sp³-hybridized carbons (Fsp3) is 0.310. The summed E-state index contributed by atoms with van der Waals surface area (Å²) in [6.45, 7) is 6.72. The maximum absolute atomic E-state index is 15.9. The van der Waals surface area contributed by atoms with Gasteiger partial charge in [-0.3, -0.25) is 0 Å². The molecule has 4 rings (SSSR count). The quantitative estimate of drug-likeness (QED) is 0.340. The van der Waals surface area contributed by atoms with Gasteiger partial charge in [0.25, 0.3) is 0 Å². The highest BCUT2D eigenvalue weighted by Gasteiger charge is 2.30. The molecule has 1 aliphatic rings. The van der Waals surface area contributed by atoms with E-state index in [2.05, 4.69) is 4.98 Å². The number of carbonyl (C=O) groups is 2. The molecule has 9 heteroatoms. The van der Waals surface area contributed by atoms with Crippen LogP contribution in [0.4, 0.5) is 20.7 Å². The molecule has 1 aliphatic heterocycles. The number of hydrogen-bond donors (Lipinski definition) is 0. The van der Waals surface area contributed by atoms with E-state index in [1.54, 1.807) is 30.6 Å². The molecule has 198 valence electrons. The molecule has 0 N–H and O–H groups in total. The monoisotopic (exact) mass is 518 g/mol. The Morgan fingerprint density at radius 3 is 1.97 bits per heavy atom. The van der Waals surface area contributed by atoms with Crippen molar-refractivity contribution < 1.29 is 23.5 Å². The van der Waals surface area contributed by atoms with Gasteiger partial charge < -0.3 is 19.3 Å². The molecule has 0 saturated carbocycles. The summed E-state index contributed by atoms with van der Waals surface area (Å²) in [4.78, 5) is 37.5. The lowest BCUT2D eigenvalue weighted by molar-refractivity contribution is 0.0240. The van der Waals surface area contributed by atoms with Gasteiger partial charge in [-0.25, -0.2) is 24.0 Å². The van der Waals surface area contributed by atoms with Crippen LogP contribution in [0.15, 0.2) is 71.9 Å². The van der Waals surface area contributed by atoms with Crippen molar-refractivity contribution >= 4 is 29.3 Å². The van der Waals surface area contributed by atoms with Crippen molar-refractivity contribution in [3.05, 3.63) is 89.4 Å². The predicted octanol–water partition coefficient (Wildman–Crippen LogP) is 5.23. The zero-order chi connectivity index (χ0) is 27.3. The number of amides is 1. The van der Waals surface area contributed by atoms with Crippen molar-refractivity contribution in [3.63, 3.8) is 0 Å². The summed E-state index contributed by atoms with van der Waals surface area (Å²) in [6, 6.07) is 18.9. The van der Waals surface area contributed by atoms with Crippen LogP contribution < -0.4 is 4.90 Å². The highest BCUT2D eigenvalue weighted by atomic mass is 19.1. The minimum atomic E-state index is -0.849. The van der Waals surface area contributed by atoms with Crippen LogP contribution >= 0.6 is 0 Å². The molecule has 2 heterocycles.